The largest absolute Gasteiger partial charge is 0.454 e. The number of piperazine rings is 1. The minimum Gasteiger partial charge on any atom is -0.454 e. The Morgan fingerprint density at radius 3 is 2.40 bits per heavy atom. The van der Waals surface area contributed by atoms with Crippen LogP contribution in [0.1, 0.15) is 33.1 Å². The van der Waals surface area contributed by atoms with Crippen LogP contribution in [0.15, 0.2) is 60.7 Å². The van der Waals surface area contributed by atoms with Crippen molar-refractivity contribution >= 4 is 11.6 Å². The molecule has 0 aromatic heterocycles. The predicted octanol–water partition coefficient (Wildman–Crippen LogP) is 4.46. The summed E-state index contributed by atoms with van der Waals surface area (Å²) in [6, 6.07) is 18.4. The molecule has 2 aliphatic heterocycles. The van der Waals surface area contributed by atoms with Crippen LogP contribution in [0, 0.1) is 19.7 Å². The Hall–Kier alpha value is -3.58. The highest BCUT2D eigenvalue weighted by molar-refractivity contribution is 5.94. The quantitative estimate of drug-likeness (QED) is 0.570. The number of rotatable bonds is 6. The van der Waals surface area contributed by atoms with Gasteiger partial charge < -0.3 is 19.7 Å². The minimum absolute atomic E-state index is 0.0182. The third kappa shape index (κ3) is 5.10. The van der Waals surface area contributed by atoms with Gasteiger partial charge in [0.25, 0.3) is 5.91 Å². The van der Waals surface area contributed by atoms with Gasteiger partial charge in [-0.3, -0.25) is 9.69 Å². The second-order valence-corrected chi connectivity index (χ2v) is 9.14. The predicted molar refractivity (Wildman–Crippen MR) is 134 cm³/mol. The highest BCUT2D eigenvalue weighted by Crippen LogP contribution is 2.36. The Labute approximate surface area is 205 Å². The smallest absolute Gasteiger partial charge is 0.251 e. The topological polar surface area (TPSA) is 54.0 Å². The average molecular weight is 476 g/mol. The monoisotopic (exact) mass is 475 g/mol. The van der Waals surface area contributed by atoms with Gasteiger partial charge in [-0.25, -0.2) is 4.39 Å². The zero-order valence-corrected chi connectivity index (χ0v) is 20.1. The number of hydrogen-bond acceptors (Lipinski definition) is 5. The van der Waals surface area contributed by atoms with Gasteiger partial charge in [0.05, 0.1) is 6.04 Å². The zero-order valence-electron chi connectivity index (χ0n) is 20.1. The van der Waals surface area contributed by atoms with Crippen LogP contribution in [-0.2, 0) is 0 Å². The fourth-order valence-corrected chi connectivity index (χ4v) is 4.70. The van der Waals surface area contributed by atoms with E-state index in [1.54, 1.807) is 0 Å². The lowest BCUT2D eigenvalue weighted by molar-refractivity contribution is 0.0930. The van der Waals surface area contributed by atoms with Crippen molar-refractivity contribution in [1.29, 1.82) is 0 Å². The number of hydrogen-bond donors (Lipinski definition) is 1. The molecule has 0 bridgehead atoms. The number of benzene rings is 3. The molecule has 0 spiro atoms. The molecule has 6 nitrogen and oxygen atoms in total. The Morgan fingerprint density at radius 2 is 1.66 bits per heavy atom. The fraction of sp³-hybridized carbons (Fsp3) is 0.321. The highest BCUT2D eigenvalue weighted by Gasteiger charge is 2.27. The molecule has 1 saturated heterocycles. The van der Waals surface area contributed by atoms with E-state index < -0.39 is 0 Å². The number of nitrogens with zero attached hydrogens (tertiary/aromatic N) is 2. The summed E-state index contributed by atoms with van der Waals surface area (Å²) in [6.07, 6.45) is 0. The molecule has 2 aliphatic rings. The molecule has 0 saturated carbocycles. The van der Waals surface area contributed by atoms with Crippen LogP contribution in [-0.4, -0.2) is 50.3 Å². The summed E-state index contributed by atoms with van der Waals surface area (Å²) in [5, 5.41) is 3.15. The molecule has 5 rings (SSSR count). The van der Waals surface area contributed by atoms with Gasteiger partial charge in [-0.1, -0.05) is 12.1 Å². The standard InChI is InChI=1S/C28H30FN3O3/c1-19-3-4-22(15-20(19)2)28(33)30-17-25(21-5-10-26-27(16-21)35-18-34-26)32-13-11-31(12-14-32)24-8-6-23(29)7-9-24/h3-10,15-16,25H,11-14,17-18H2,1-2H3,(H,30,33)/t25-/m0/s1. The van der Waals surface area contributed by atoms with E-state index >= 15 is 0 Å². The molecule has 0 aliphatic carbocycles. The normalized spacial score (nSPS) is 16.3. The first-order valence-corrected chi connectivity index (χ1v) is 12.0. The Bertz CT molecular complexity index is 1210. The Kier molecular flexibility index (Phi) is 6.59. The maximum atomic E-state index is 13.3. The zero-order chi connectivity index (χ0) is 24.4. The van der Waals surface area contributed by atoms with E-state index in [0.717, 1.165) is 54.5 Å². The number of halogens is 1. The van der Waals surface area contributed by atoms with Crippen LogP contribution < -0.4 is 19.7 Å². The molecule has 3 aromatic carbocycles. The van der Waals surface area contributed by atoms with Crippen molar-refractivity contribution in [2.75, 3.05) is 44.4 Å². The van der Waals surface area contributed by atoms with Crippen molar-refractivity contribution in [3.63, 3.8) is 0 Å². The van der Waals surface area contributed by atoms with Gasteiger partial charge >= 0.3 is 0 Å². The summed E-state index contributed by atoms with van der Waals surface area (Å²) in [7, 11) is 0. The molecule has 3 aromatic rings. The second kappa shape index (κ2) is 9.96. The van der Waals surface area contributed by atoms with E-state index in [0.29, 0.717) is 12.1 Å². The molecule has 1 amide bonds. The highest BCUT2D eigenvalue weighted by atomic mass is 19.1. The number of amides is 1. The van der Waals surface area contributed by atoms with Gasteiger partial charge in [0.15, 0.2) is 11.5 Å². The first-order valence-electron chi connectivity index (χ1n) is 12.0. The average Bonchev–Trinajstić information content (AvgIpc) is 3.35. The third-order valence-corrected chi connectivity index (χ3v) is 6.95. The Balaban J connectivity index is 1.32. The van der Waals surface area contributed by atoms with Crippen LogP contribution in [0.3, 0.4) is 0 Å². The van der Waals surface area contributed by atoms with Crippen molar-refractivity contribution in [3.05, 3.63) is 88.7 Å². The van der Waals surface area contributed by atoms with Gasteiger partial charge in [0.2, 0.25) is 6.79 Å². The van der Waals surface area contributed by atoms with Crippen molar-refractivity contribution in [3.8, 4) is 11.5 Å². The van der Waals surface area contributed by atoms with Crippen LogP contribution in [0.25, 0.3) is 0 Å². The number of aryl methyl sites for hydroxylation is 2. The number of carbonyl (C=O) groups excluding carboxylic acids is 1. The van der Waals surface area contributed by atoms with Crippen LogP contribution in [0.2, 0.25) is 0 Å². The summed E-state index contributed by atoms with van der Waals surface area (Å²) in [6.45, 7) is 8.02. The van der Waals surface area contributed by atoms with Crippen molar-refractivity contribution in [2.45, 2.75) is 19.9 Å². The molecule has 0 radical (unpaired) electrons. The lowest BCUT2D eigenvalue weighted by atomic mass is 10.0. The van der Waals surface area contributed by atoms with Crippen LogP contribution >= 0.6 is 0 Å². The van der Waals surface area contributed by atoms with Crippen molar-refractivity contribution < 1.29 is 18.7 Å². The summed E-state index contributed by atoms with van der Waals surface area (Å²) < 4.78 is 24.4. The summed E-state index contributed by atoms with van der Waals surface area (Å²) in [5.41, 5.74) is 5.03. The molecule has 1 fully saturated rings. The lowest BCUT2D eigenvalue weighted by Crippen LogP contribution is -2.50. The SMILES string of the molecule is Cc1ccc(C(=O)NC[C@@H](c2ccc3c(c2)OCO3)N2CCN(c3ccc(F)cc3)CC2)cc1C. The Morgan fingerprint density at radius 1 is 0.914 bits per heavy atom. The molecule has 35 heavy (non-hydrogen) atoms. The van der Waals surface area contributed by atoms with Crippen LogP contribution in [0.4, 0.5) is 10.1 Å². The molecule has 1 atom stereocenters. The molecule has 2 heterocycles. The van der Waals surface area contributed by atoms with Crippen molar-refractivity contribution in [2.24, 2.45) is 0 Å². The van der Waals surface area contributed by atoms with Crippen LogP contribution in [0.5, 0.6) is 11.5 Å². The molecule has 0 unspecified atom stereocenters. The molecule has 182 valence electrons. The number of ether oxygens (including phenoxy) is 2. The van der Waals surface area contributed by atoms with Gasteiger partial charge in [0.1, 0.15) is 5.82 Å². The van der Waals surface area contributed by atoms with E-state index in [1.807, 2.05) is 62.4 Å². The van der Waals surface area contributed by atoms with Gasteiger partial charge in [-0.2, -0.15) is 0 Å². The van der Waals surface area contributed by atoms with E-state index in [9.17, 15) is 9.18 Å². The van der Waals surface area contributed by atoms with Crippen molar-refractivity contribution in [1.82, 2.24) is 10.2 Å². The lowest BCUT2D eigenvalue weighted by Gasteiger charge is -2.40. The molecule has 7 heteroatoms. The second-order valence-electron chi connectivity index (χ2n) is 9.14. The fourth-order valence-electron chi connectivity index (χ4n) is 4.70. The summed E-state index contributed by atoms with van der Waals surface area (Å²) in [5.74, 6) is 1.17. The van der Waals surface area contributed by atoms with E-state index in [4.69, 9.17) is 9.47 Å². The van der Waals surface area contributed by atoms with E-state index in [-0.39, 0.29) is 24.6 Å². The maximum absolute atomic E-state index is 13.3. The third-order valence-electron chi connectivity index (χ3n) is 6.95. The van der Waals surface area contributed by atoms with Gasteiger partial charge in [0, 0.05) is 44.0 Å². The summed E-state index contributed by atoms with van der Waals surface area (Å²) >= 11 is 0. The molecular weight excluding hydrogens is 445 g/mol. The first kappa shape index (κ1) is 23.2. The minimum atomic E-state index is -0.227. The van der Waals surface area contributed by atoms with Gasteiger partial charge in [-0.15, -0.1) is 0 Å². The molecule has 1 N–H and O–H groups in total. The number of fused-ring (bicyclic) bond motifs is 1. The number of anilines is 1. The van der Waals surface area contributed by atoms with E-state index in [1.165, 1.54) is 17.7 Å². The first-order chi connectivity index (χ1) is 17.0. The molecular formula is C28H30FN3O3. The van der Waals surface area contributed by atoms with Gasteiger partial charge in [-0.05, 0) is 79.1 Å². The number of nitrogens with one attached hydrogen (secondary N) is 1. The maximum Gasteiger partial charge on any atom is 0.251 e. The summed E-state index contributed by atoms with van der Waals surface area (Å²) in [4.78, 5) is 17.6. The number of carbonyl (C=O) groups is 1. The van der Waals surface area contributed by atoms with E-state index in [2.05, 4.69) is 15.1 Å².